The van der Waals surface area contributed by atoms with Gasteiger partial charge in [0.25, 0.3) is 0 Å². The highest BCUT2D eigenvalue weighted by atomic mass is 35.5. The summed E-state index contributed by atoms with van der Waals surface area (Å²) in [5.74, 6) is 0. The maximum atomic E-state index is 6.07. The number of benzene rings is 2. The van der Waals surface area contributed by atoms with Gasteiger partial charge in [-0.2, -0.15) is 0 Å². The highest BCUT2D eigenvalue weighted by molar-refractivity contribution is 6.30. The van der Waals surface area contributed by atoms with Crippen LogP contribution >= 0.6 is 11.6 Å². The van der Waals surface area contributed by atoms with E-state index in [1.54, 1.807) is 0 Å². The van der Waals surface area contributed by atoms with Crippen LogP contribution in [0.1, 0.15) is 44.4 Å². The average Bonchev–Trinajstić information content (AvgIpc) is 2.71. The van der Waals surface area contributed by atoms with Crippen molar-refractivity contribution in [2.45, 2.75) is 45.8 Å². The molecule has 146 valence electrons. The van der Waals surface area contributed by atoms with Gasteiger partial charge in [0.2, 0.25) is 0 Å². The van der Waals surface area contributed by atoms with E-state index in [2.05, 4.69) is 78.2 Å². The Morgan fingerprint density at radius 1 is 0.926 bits per heavy atom. The van der Waals surface area contributed by atoms with Gasteiger partial charge in [-0.3, -0.25) is 4.90 Å². The minimum Gasteiger partial charge on any atom is -0.293 e. The van der Waals surface area contributed by atoms with Crippen molar-refractivity contribution in [2.24, 2.45) is 0 Å². The van der Waals surface area contributed by atoms with Gasteiger partial charge in [-0.25, -0.2) is 10.0 Å². The maximum absolute atomic E-state index is 6.07. The molecule has 1 fully saturated rings. The van der Waals surface area contributed by atoms with Gasteiger partial charge >= 0.3 is 0 Å². The van der Waals surface area contributed by atoms with Crippen molar-refractivity contribution < 1.29 is 0 Å². The van der Waals surface area contributed by atoms with Crippen LogP contribution in [0.2, 0.25) is 5.02 Å². The second-order valence-corrected chi connectivity index (χ2v) is 7.67. The Balaban J connectivity index is 1.89. The lowest BCUT2D eigenvalue weighted by molar-refractivity contribution is -0.119. The van der Waals surface area contributed by atoms with Gasteiger partial charge < -0.3 is 0 Å². The lowest BCUT2D eigenvalue weighted by Crippen LogP contribution is -2.59. The molecule has 0 N–H and O–H groups in total. The van der Waals surface area contributed by atoms with E-state index in [-0.39, 0.29) is 0 Å². The molecule has 2 atom stereocenters. The first kappa shape index (κ1) is 20.3. The van der Waals surface area contributed by atoms with Gasteiger partial charge in [0, 0.05) is 43.8 Å². The van der Waals surface area contributed by atoms with E-state index >= 15 is 0 Å². The molecule has 2 aromatic rings. The molecule has 0 aromatic heterocycles. The van der Waals surface area contributed by atoms with Crippen LogP contribution in [0.15, 0.2) is 54.6 Å². The molecule has 0 spiro atoms. The number of hydrazine groups is 1. The molecule has 0 saturated carbocycles. The Morgan fingerprint density at radius 3 is 2.19 bits per heavy atom. The van der Waals surface area contributed by atoms with Crippen LogP contribution in [0.4, 0.5) is 0 Å². The molecule has 0 radical (unpaired) electrons. The van der Waals surface area contributed by atoms with Gasteiger partial charge in [-0.15, -0.1) is 0 Å². The molecule has 2 unspecified atom stereocenters. The summed E-state index contributed by atoms with van der Waals surface area (Å²) >= 11 is 6.07. The van der Waals surface area contributed by atoms with Gasteiger partial charge in [-0.1, -0.05) is 74.8 Å². The summed E-state index contributed by atoms with van der Waals surface area (Å²) in [6.45, 7) is 12.1. The molecule has 3 nitrogen and oxygen atoms in total. The molecule has 1 saturated heterocycles. The number of rotatable bonds is 7. The van der Waals surface area contributed by atoms with Crippen molar-refractivity contribution >= 4 is 11.6 Å². The second-order valence-electron chi connectivity index (χ2n) is 7.23. The Kier molecular flexibility index (Phi) is 7.31. The Morgan fingerprint density at radius 2 is 1.59 bits per heavy atom. The van der Waals surface area contributed by atoms with Crippen molar-refractivity contribution in [3.63, 3.8) is 0 Å². The zero-order chi connectivity index (χ0) is 19.2. The van der Waals surface area contributed by atoms with Crippen LogP contribution in [0, 0.1) is 0 Å². The Bertz CT molecular complexity index is 685. The standard InChI is InChI=1S/C23H32ClN3/c1-4-22-23(20-10-8-7-9-11-20)27(26(5-2)6-3)17-16-25(22)18-19-12-14-21(24)15-13-19/h7-15,22-23H,4-6,16-18H2,1-3H3. The predicted molar refractivity (Wildman–Crippen MR) is 115 cm³/mol. The minimum absolute atomic E-state index is 0.386. The van der Waals surface area contributed by atoms with Crippen LogP contribution in [0.5, 0.6) is 0 Å². The number of piperazine rings is 1. The van der Waals surface area contributed by atoms with E-state index in [4.69, 9.17) is 11.6 Å². The first-order valence-corrected chi connectivity index (χ1v) is 10.6. The number of nitrogens with zero attached hydrogens (tertiary/aromatic N) is 3. The predicted octanol–water partition coefficient (Wildman–Crippen LogP) is 5.23. The summed E-state index contributed by atoms with van der Waals surface area (Å²) in [5, 5.41) is 5.92. The molecule has 0 aliphatic carbocycles. The molecule has 0 bridgehead atoms. The molecule has 1 aliphatic heterocycles. The molecule has 4 heteroatoms. The topological polar surface area (TPSA) is 9.72 Å². The quantitative estimate of drug-likeness (QED) is 0.645. The summed E-state index contributed by atoms with van der Waals surface area (Å²) in [7, 11) is 0. The molecule has 0 amide bonds. The van der Waals surface area contributed by atoms with Gasteiger partial charge in [-0.05, 0) is 29.7 Å². The molecule has 2 aromatic carbocycles. The molecule has 27 heavy (non-hydrogen) atoms. The minimum atomic E-state index is 0.386. The van der Waals surface area contributed by atoms with E-state index in [1.807, 2.05) is 12.1 Å². The third-order valence-corrected chi connectivity index (χ3v) is 5.97. The first-order valence-electron chi connectivity index (χ1n) is 10.2. The third-order valence-electron chi connectivity index (χ3n) is 5.72. The average molecular weight is 386 g/mol. The van der Waals surface area contributed by atoms with Crippen LogP contribution in [-0.4, -0.2) is 47.1 Å². The smallest absolute Gasteiger partial charge is 0.0651 e. The van der Waals surface area contributed by atoms with E-state index in [0.29, 0.717) is 12.1 Å². The zero-order valence-corrected chi connectivity index (χ0v) is 17.6. The largest absolute Gasteiger partial charge is 0.293 e. The second kappa shape index (κ2) is 9.70. The van der Waals surface area contributed by atoms with Gasteiger partial charge in [0.1, 0.15) is 0 Å². The van der Waals surface area contributed by atoms with Gasteiger partial charge in [0.05, 0.1) is 6.04 Å². The number of hydrogen-bond donors (Lipinski definition) is 0. The van der Waals surface area contributed by atoms with Crippen molar-refractivity contribution in [1.29, 1.82) is 0 Å². The highest BCUT2D eigenvalue weighted by Crippen LogP contribution is 2.35. The summed E-state index contributed by atoms with van der Waals surface area (Å²) in [6.07, 6.45) is 1.13. The fourth-order valence-corrected chi connectivity index (χ4v) is 4.51. The maximum Gasteiger partial charge on any atom is 0.0651 e. The molecule has 1 aliphatic rings. The SMILES string of the molecule is CCC1C(c2ccccc2)N(N(CC)CC)CCN1Cc1ccc(Cl)cc1. The van der Waals surface area contributed by atoms with E-state index < -0.39 is 0 Å². The fraction of sp³-hybridized carbons (Fsp3) is 0.478. The highest BCUT2D eigenvalue weighted by Gasteiger charge is 2.38. The van der Waals surface area contributed by atoms with E-state index in [9.17, 15) is 0 Å². The van der Waals surface area contributed by atoms with Crippen molar-refractivity contribution in [3.8, 4) is 0 Å². The fourth-order valence-electron chi connectivity index (χ4n) is 4.38. The number of halogens is 1. The van der Waals surface area contributed by atoms with Crippen LogP contribution in [0.25, 0.3) is 0 Å². The molecule has 3 rings (SSSR count). The summed E-state index contributed by atoms with van der Waals surface area (Å²) in [6, 6.07) is 20.2. The van der Waals surface area contributed by atoms with Crippen molar-refractivity contribution in [3.05, 3.63) is 70.7 Å². The summed E-state index contributed by atoms with van der Waals surface area (Å²) in [4.78, 5) is 2.65. The molecular weight excluding hydrogens is 354 g/mol. The van der Waals surface area contributed by atoms with Crippen LogP contribution in [0.3, 0.4) is 0 Å². The Hall–Kier alpha value is -1.39. The number of hydrogen-bond acceptors (Lipinski definition) is 3. The third kappa shape index (κ3) is 4.72. The first-order chi connectivity index (χ1) is 13.2. The van der Waals surface area contributed by atoms with Crippen molar-refractivity contribution in [2.75, 3.05) is 26.2 Å². The van der Waals surface area contributed by atoms with Crippen molar-refractivity contribution in [1.82, 2.24) is 14.9 Å². The van der Waals surface area contributed by atoms with E-state index in [0.717, 1.165) is 44.2 Å². The van der Waals surface area contributed by atoms with Gasteiger partial charge in [0.15, 0.2) is 0 Å². The molecular formula is C23H32ClN3. The normalized spacial score (nSPS) is 21.7. The lowest BCUT2D eigenvalue weighted by Gasteiger charge is -2.51. The van der Waals surface area contributed by atoms with Crippen LogP contribution in [-0.2, 0) is 6.54 Å². The lowest BCUT2D eigenvalue weighted by atomic mass is 9.92. The van der Waals surface area contributed by atoms with Crippen LogP contribution < -0.4 is 0 Å². The zero-order valence-electron chi connectivity index (χ0n) is 16.8. The monoisotopic (exact) mass is 385 g/mol. The summed E-state index contributed by atoms with van der Waals surface area (Å²) in [5.41, 5.74) is 2.75. The molecule has 1 heterocycles. The summed E-state index contributed by atoms with van der Waals surface area (Å²) < 4.78 is 0. The van der Waals surface area contributed by atoms with E-state index in [1.165, 1.54) is 11.1 Å². The Labute approximate surface area is 169 Å².